The monoisotopic (exact) mass is 439 g/mol. The summed E-state index contributed by atoms with van der Waals surface area (Å²) in [5.74, 6) is 0.156. The number of hydrogen-bond donors (Lipinski definition) is 1. The Hall–Kier alpha value is -2.36. The molecule has 0 fully saturated rings. The van der Waals surface area contributed by atoms with Crippen molar-refractivity contribution in [1.82, 2.24) is 0 Å². The zero-order valence-electron chi connectivity index (χ0n) is 14.8. The molecule has 1 aliphatic heterocycles. The van der Waals surface area contributed by atoms with Crippen LogP contribution in [0.5, 0.6) is 0 Å². The highest BCUT2D eigenvalue weighted by Gasteiger charge is 2.40. The summed E-state index contributed by atoms with van der Waals surface area (Å²) in [5.41, 5.74) is 10.7. The van der Waals surface area contributed by atoms with Gasteiger partial charge in [0.05, 0.1) is 21.3 Å². The van der Waals surface area contributed by atoms with E-state index in [1.54, 1.807) is 11.3 Å². The van der Waals surface area contributed by atoms with Crippen molar-refractivity contribution in [2.45, 2.75) is 32.1 Å². The van der Waals surface area contributed by atoms with Crippen molar-refractivity contribution in [3.63, 3.8) is 0 Å². The van der Waals surface area contributed by atoms with Crippen LogP contribution in [-0.2, 0) is 4.79 Å². The van der Waals surface area contributed by atoms with E-state index in [-0.39, 0.29) is 11.7 Å². The van der Waals surface area contributed by atoms with Crippen LogP contribution < -0.4 is 10.6 Å². The summed E-state index contributed by atoms with van der Waals surface area (Å²) in [6.45, 7) is 2.03. The zero-order chi connectivity index (χ0) is 19.1. The molecule has 2 N–H and O–H groups in total. The summed E-state index contributed by atoms with van der Waals surface area (Å²) in [6.07, 6.45) is 2.09. The SMILES string of the molecule is Cc1ccc(N2C(N)=C(C#N)[C@H](c3ccc(Br)s3)C3=C2CCCC3=O)cc1. The van der Waals surface area contributed by atoms with Crippen LogP contribution in [0.15, 0.2) is 62.8 Å². The maximum Gasteiger partial charge on any atom is 0.161 e. The van der Waals surface area contributed by atoms with E-state index in [1.807, 2.05) is 48.2 Å². The van der Waals surface area contributed by atoms with Crippen molar-refractivity contribution in [3.05, 3.63) is 73.3 Å². The number of halogens is 1. The molecule has 6 heteroatoms. The van der Waals surface area contributed by atoms with Crippen LogP contribution in [0.4, 0.5) is 5.69 Å². The van der Waals surface area contributed by atoms with Gasteiger partial charge in [0.25, 0.3) is 0 Å². The molecule has 1 aromatic carbocycles. The van der Waals surface area contributed by atoms with E-state index >= 15 is 0 Å². The van der Waals surface area contributed by atoms with E-state index in [1.165, 1.54) is 0 Å². The fourth-order valence-electron chi connectivity index (χ4n) is 3.84. The van der Waals surface area contributed by atoms with Crippen molar-refractivity contribution in [1.29, 1.82) is 5.26 Å². The van der Waals surface area contributed by atoms with Gasteiger partial charge in [0.1, 0.15) is 5.82 Å². The van der Waals surface area contributed by atoms with Crippen molar-refractivity contribution >= 4 is 38.7 Å². The third-order valence-electron chi connectivity index (χ3n) is 5.08. The van der Waals surface area contributed by atoms with Crippen molar-refractivity contribution < 1.29 is 4.79 Å². The molecule has 4 nitrogen and oxygen atoms in total. The molecule has 27 heavy (non-hydrogen) atoms. The molecule has 0 unspecified atom stereocenters. The minimum absolute atomic E-state index is 0.114. The number of nitriles is 1. The van der Waals surface area contributed by atoms with E-state index in [9.17, 15) is 10.1 Å². The second-order valence-corrected chi connectivity index (χ2v) is 9.29. The molecule has 4 rings (SSSR count). The first-order valence-corrected chi connectivity index (χ1v) is 10.4. The van der Waals surface area contributed by atoms with E-state index in [2.05, 4.69) is 22.0 Å². The van der Waals surface area contributed by atoms with Gasteiger partial charge in [-0.15, -0.1) is 11.3 Å². The molecule has 136 valence electrons. The molecule has 2 heterocycles. The van der Waals surface area contributed by atoms with E-state index < -0.39 is 0 Å². The summed E-state index contributed by atoms with van der Waals surface area (Å²) in [6, 6.07) is 14.2. The predicted octanol–water partition coefficient (Wildman–Crippen LogP) is 5.12. The zero-order valence-corrected chi connectivity index (χ0v) is 17.2. The van der Waals surface area contributed by atoms with Crippen molar-refractivity contribution in [2.75, 3.05) is 4.90 Å². The van der Waals surface area contributed by atoms with Crippen LogP contribution in [0.3, 0.4) is 0 Å². The van der Waals surface area contributed by atoms with Crippen LogP contribution >= 0.6 is 27.3 Å². The van der Waals surface area contributed by atoms with Gasteiger partial charge < -0.3 is 5.73 Å². The summed E-state index contributed by atoms with van der Waals surface area (Å²) < 4.78 is 0.972. The second-order valence-electron chi connectivity index (χ2n) is 6.79. The van der Waals surface area contributed by atoms with Gasteiger partial charge in [-0.2, -0.15) is 5.26 Å². The number of thiophene rings is 1. The number of rotatable bonds is 2. The fraction of sp³-hybridized carbons (Fsp3) is 0.238. The van der Waals surface area contributed by atoms with Crippen LogP contribution in [0.2, 0.25) is 0 Å². The molecule has 0 spiro atoms. The minimum atomic E-state index is -0.379. The fourth-order valence-corrected chi connectivity index (χ4v) is 5.39. The first kappa shape index (κ1) is 18.0. The van der Waals surface area contributed by atoms with Gasteiger partial charge >= 0.3 is 0 Å². The Labute approximate surface area is 170 Å². The number of Topliss-reactive ketones (excluding diaryl/α,β-unsaturated/α-hetero) is 1. The maximum absolute atomic E-state index is 13.0. The van der Waals surface area contributed by atoms with E-state index in [4.69, 9.17) is 5.73 Å². The molecule has 1 aliphatic carbocycles. The average Bonchev–Trinajstić information content (AvgIpc) is 3.08. The van der Waals surface area contributed by atoms with Gasteiger partial charge in [-0.05, 0) is 60.0 Å². The Morgan fingerprint density at radius 2 is 1.96 bits per heavy atom. The lowest BCUT2D eigenvalue weighted by atomic mass is 9.78. The first-order chi connectivity index (χ1) is 13.0. The van der Waals surface area contributed by atoms with E-state index in [0.717, 1.165) is 44.0 Å². The van der Waals surface area contributed by atoms with Crippen molar-refractivity contribution in [3.8, 4) is 6.07 Å². The summed E-state index contributed by atoms with van der Waals surface area (Å²) >= 11 is 5.03. The molecule has 0 amide bonds. The number of hydrogen-bond acceptors (Lipinski definition) is 5. The number of anilines is 1. The van der Waals surface area contributed by atoms with Gasteiger partial charge in [-0.1, -0.05) is 17.7 Å². The van der Waals surface area contributed by atoms with Crippen LogP contribution in [0, 0.1) is 18.3 Å². The van der Waals surface area contributed by atoms with Gasteiger partial charge in [0, 0.05) is 28.3 Å². The predicted molar refractivity (Wildman–Crippen MR) is 111 cm³/mol. The molecule has 0 radical (unpaired) electrons. The van der Waals surface area contributed by atoms with E-state index in [0.29, 0.717) is 17.8 Å². The molecule has 0 bridgehead atoms. The molecule has 2 aromatic rings. The van der Waals surface area contributed by atoms with Gasteiger partial charge in [-0.25, -0.2) is 0 Å². The molecule has 0 saturated carbocycles. The Balaban J connectivity index is 1.96. The number of nitrogens with zero attached hydrogens (tertiary/aromatic N) is 2. The molecule has 1 aromatic heterocycles. The number of benzene rings is 1. The average molecular weight is 440 g/mol. The Morgan fingerprint density at radius 1 is 1.22 bits per heavy atom. The second kappa shape index (κ2) is 6.99. The normalized spacial score (nSPS) is 20.0. The van der Waals surface area contributed by atoms with Crippen LogP contribution in [0.1, 0.15) is 35.6 Å². The number of carbonyl (C=O) groups excluding carboxylic acids is 1. The standard InChI is InChI=1S/C21H18BrN3OS/c1-12-5-7-13(8-6-12)25-15-3-2-4-16(26)20(15)19(14(11-23)21(25)24)17-9-10-18(22)27-17/h5-10,19H,2-4,24H2,1H3/t19-/m1/s1. The van der Waals surface area contributed by atoms with Crippen molar-refractivity contribution in [2.24, 2.45) is 5.73 Å². The largest absolute Gasteiger partial charge is 0.384 e. The first-order valence-electron chi connectivity index (χ1n) is 8.79. The smallest absolute Gasteiger partial charge is 0.161 e. The molecule has 1 atom stereocenters. The third kappa shape index (κ3) is 3.01. The number of aryl methyl sites for hydroxylation is 1. The summed E-state index contributed by atoms with van der Waals surface area (Å²) in [4.78, 5) is 15.8. The summed E-state index contributed by atoms with van der Waals surface area (Å²) in [5, 5.41) is 9.93. The number of ketones is 1. The number of nitrogens with two attached hydrogens (primary N) is 1. The van der Waals surface area contributed by atoms with Gasteiger partial charge in [0.15, 0.2) is 5.78 Å². The van der Waals surface area contributed by atoms with Gasteiger partial charge in [0.2, 0.25) is 0 Å². The Bertz CT molecular complexity index is 1030. The third-order valence-corrected chi connectivity index (χ3v) is 6.77. The molecule has 2 aliphatic rings. The van der Waals surface area contributed by atoms with Crippen LogP contribution in [-0.4, -0.2) is 5.78 Å². The molecular weight excluding hydrogens is 422 g/mol. The minimum Gasteiger partial charge on any atom is -0.384 e. The maximum atomic E-state index is 13.0. The lowest BCUT2D eigenvalue weighted by molar-refractivity contribution is -0.116. The highest BCUT2D eigenvalue weighted by atomic mass is 79.9. The van der Waals surface area contributed by atoms with Gasteiger partial charge in [-0.3, -0.25) is 9.69 Å². The number of allylic oxidation sites excluding steroid dienone is 3. The molecular formula is C21H18BrN3OS. The number of carbonyl (C=O) groups is 1. The quantitative estimate of drug-likeness (QED) is 0.704. The Kier molecular flexibility index (Phi) is 4.67. The van der Waals surface area contributed by atoms with Crippen LogP contribution in [0.25, 0.3) is 0 Å². The Morgan fingerprint density at radius 3 is 2.59 bits per heavy atom. The highest BCUT2D eigenvalue weighted by molar-refractivity contribution is 9.11. The lowest BCUT2D eigenvalue weighted by Crippen LogP contribution is -2.38. The highest BCUT2D eigenvalue weighted by Crippen LogP contribution is 2.48. The lowest BCUT2D eigenvalue weighted by Gasteiger charge is -2.39. The summed E-state index contributed by atoms with van der Waals surface area (Å²) in [7, 11) is 0. The molecule has 0 saturated heterocycles. The topological polar surface area (TPSA) is 70.1 Å².